The van der Waals surface area contributed by atoms with Crippen LogP contribution in [0.5, 0.6) is 0 Å². The molecule has 7 heteroatoms. The summed E-state index contributed by atoms with van der Waals surface area (Å²) in [6.45, 7) is 2.49. The van der Waals surface area contributed by atoms with Gasteiger partial charge in [0.2, 0.25) is 0 Å². The Kier molecular flexibility index (Phi) is 4.85. The van der Waals surface area contributed by atoms with Gasteiger partial charge in [-0.1, -0.05) is 18.2 Å². The van der Waals surface area contributed by atoms with Gasteiger partial charge >= 0.3 is 6.03 Å². The van der Waals surface area contributed by atoms with E-state index in [1.54, 1.807) is 12.1 Å². The number of amides is 2. The van der Waals surface area contributed by atoms with Gasteiger partial charge in [-0.3, -0.25) is 0 Å². The molecule has 2 aliphatic carbocycles. The third-order valence-electron chi connectivity index (χ3n) is 7.49. The quantitative estimate of drug-likeness (QED) is 0.509. The van der Waals surface area contributed by atoms with Crippen molar-refractivity contribution in [2.24, 2.45) is 0 Å². The van der Waals surface area contributed by atoms with Crippen LogP contribution in [0.2, 0.25) is 0 Å². The van der Waals surface area contributed by atoms with Crippen molar-refractivity contribution < 1.29 is 13.9 Å². The van der Waals surface area contributed by atoms with Crippen LogP contribution >= 0.6 is 0 Å². The lowest BCUT2D eigenvalue weighted by Gasteiger charge is -2.20. The van der Waals surface area contributed by atoms with Gasteiger partial charge in [-0.15, -0.1) is 0 Å². The van der Waals surface area contributed by atoms with Gasteiger partial charge in [-0.05, 0) is 80.2 Å². The normalized spacial score (nSPS) is 24.0. The molecule has 34 heavy (non-hydrogen) atoms. The second-order valence-electron chi connectivity index (χ2n) is 9.35. The summed E-state index contributed by atoms with van der Waals surface area (Å²) in [6, 6.07) is 14.2. The molecule has 6 rings (SSSR count). The zero-order valence-corrected chi connectivity index (χ0v) is 19.1. The van der Waals surface area contributed by atoms with Gasteiger partial charge in [0.05, 0.1) is 17.6 Å². The third-order valence-corrected chi connectivity index (χ3v) is 7.49. The highest BCUT2D eigenvalue weighted by Crippen LogP contribution is 2.67. The van der Waals surface area contributed by atoms with Crippen molar-refractivity contribution in [1.82, 2.24) is 15.1 Å². The van der Waals surface area contributed by atoms with E-state index in [1.807, 2.05) is 36.0 Å². The van der Waals surface area contributed by atoms with E-state index in [4.69, 9.17) is 4.74 Å². The number of anilines is 1. The van der Waals surface area contributed by atoms with Gasteiger partial charge in [0, 0.05) is 24.2 Å². The van der Waals surface area contributed by atoms with Gasteiger partial charge in [-0.2, -0.15) is 5.10 Å². The molecule has 3 aromatic rings. The Bertz CT molecular complexity index is 1300. The number of aryl methyl sites for hydroxylation is 1. The minimum atomic E-state index is -0.253. The Hall–Kier alpha value is -3.45. The second-order valence-corrected chi connectivity index (χ2v) is 9.35. The highest BCUT2D eigenvalue weighted by Gasteiger charge is 2.74. The Labute approximate surface area is 197 Å². The number of rotatable bonds is 6. The summed E-state index contributed by atoms with van der Waals surface area (Å²) in [5.74, 6) is -0.253. The summed E-state index contributed by atoms with van der Waals surface area (Å²) in [4.78, 5) is 12.0. The van der Waals surface area contributed by atoms with E-state index >= 15 is 0 Å². The van der Waals surface area contributed by atoms with Crippen LogP contribution in [-0.4, -0.2) is 33.6 Å². The first-order valence-electron chi connectivity index (χ1n) is 11.9. The van der Waals surface area contributed by atoms with Gasteiger partial charge in [-0.25, -0.2) is 13.9 Å². The number of carbonyl (C=O) groups is 1. The van der Waals surface area contributed by atoms with E-state index in [0.29, 0.717) is 6.54 Å². The van der Waals surface area contributed by atoms with Crippen molar-refractivity contribution in [3.63, 3.8) is 0 Å². The maximum absolute atomic E-state index is 13.4. The number of ether oxygens (including phenoxy) is 1. The maximum Gasteiger partial charge on any atom is 0.319 e. The number of halogens is 1. The maximum atomic E-state index is 13.4. The van der Waals surface area contributed by atoms with Crippen molar-refractivity contribution in [3.05, 3.63) is 82.9 Å². The number of nitrogens with one attached hydrogen (secondary N) is 2. The zero-order valence-electron chi connectivity index (χ0n) is 19.1. The predicted octanol–water partition coefficient (Wildman–Crippen LogP) is 5.03. The summed E-state index contributed by atoms with van der Waals surface area (Å²) >= 11 is 0. The van der Waals surface area contributed by atoms with Crippen molar-refractivity contribution in [2.45, 2.75) is 50.2 Å². The molecule has 2 heterocycles. The first kappa shape index (κ1) is 21.1. The first-order valence-corrected chi connectivity index (χ1v) is 11.9. The predicted molar refractivity (Wildman–Crippen MR) is 128 cm³/mol. The van der Waals surface area contributed by atoms with Crippen LogP contribution in [0.15, 0.2) is 60.3 Å². The molecule has 1 spiro atoms. The smallest absolute Gasteiger partial charge is 0.319 e. The van der Waals surface area contributed by atoms with Gasteiger partial charge < -0.3 is 15.4 Å². The highest BCUT2D eigenvalue weighted by molar-refractivity contribution is 5.90. The van der Waals surface area contributed by atoms with Crippen LogP contribution in [0, 0.1) is 5.82 Å². The van der Waals surface area contributed by atoms with E-state index in [9.17, 15) is 9.18 Å². The molecule has 1 aromatic heterocycles. The summed E-state index contributed by atoms with van der Waals surface area (Å²) in [5, 5.41) is 10.3. The number of aromatic nitrogens is 2. The van der Waals surface area contributed by atoms with E-state index in [2.05, 4.69) is 27.9 Å². The molecule has 1 aliphatic heterocycles. The number of carbonyl (C=O) groups excluding carboxylic acids is 1. The van der Waals surface area contributed by atoms with Crippen molar-refractivity contribution >= 4 is 17.8 Å². The van der Waals surface area contributed by atoms with Crippen molar-refractivity contribution in [3.8, 4) is 5.69 Å². The van der Waals surface area contributed by atoms with Crippen LogP contribution in [0.3, 0.4) is 0 Å². The fourth-order valence-electron chi connectivity index (χ4n) is 5.76. The van der Waals surface area contributed by atoms with Crippen molar-refractivity contribution in [1.29, 1.82) is 0 Å². The van der Waals surface area contributed by atoms with Gasteiger partial charge in [0.25, 0.3) is 0 Å². The van der Waals surface area contributed by atoms with Crippen LogP contribution < -0.4 is 10.6 Å². The minimum Gasteiger partial charge on any atom is -0.357 e. The van der Waals surface area contributed by atoms with E-state index in [1.165, 1.54) is 17.7 Å². The number of urea groups is 1. The Balaban J connectivity index is 1.21. The summed E-state index contributed by atoms with van der Waals surface area (Å²) in [6.07, 6.45) is 8.70. The zero-order chi connectivity index (χ0) is 23.3. The van der Waals surface area contributed by atoms with Crippen LogP contribution in [-0.2, 0) is 17.6 Å². The molecular weight excluding hydrogens is 431 g/mol. The summed E-state index contributed by atoms with van der Waals surface area (Å²) < 4.78 is 21.8. The molecule has 1 saturated carbocycles. The fourth-order valence-corrected chi connectivity index (χ4v) is 5.76. The number of hydrogen-bond donors (Lipinski definition) is 2. The van der Waals surface area contributed by atoms with Crippen molar-refractivity contribution in [2.75, 3.05) is 11.9 Å². The largest absolute Gasteiger partial charge is 0.357 e. The van der Waals surface area contributed by atoms with E-state index in [0.717, 1.165) is 60.3 Å². The number of epoxide rings is 1. The SMILES string of the molecule is CCNC(=O)Nc1ccccc1CCC12CCC3=Cc4c(cnn4-c4ccc(F)cc4)CC31O2. The number of para-hydroxylation sites is 1. The molecule has 1 saturated heterocycles. The van der Waals surface area contributed by atoms with Crippen LogP contribution in [0.1, 0.15) is 43.0 Å². The Morgan fingerprint density at radius 3 is 2.85 bits per heavy atom. The van der Waals surface area contributed by atoms with Gasteiger partial charge in [0.15, 0.2) is 0 Å². The summed E-state index contributed by atoms with van der Waals surface area (Å²) in [7, 11) is 0. The van der Waals surface area contributed by atoms with E-state index < -0.39 is 0 Å². The lowest BCUT2D eigenvalue weighted by atomic mass is 9.81. The number of fused-ring (bicyclic) bond motifs is 1. The Morgan fingerprint density at radius 2 is 2.03 bits per heavy atom. The molecule has 2 aromatic carbocycles. The molecule has 2 atom stereocenters. The molecule has 0 bridgehead atoms. The average molecular weight is 459 g/mol. The minimum absolute atomic E-state index is 0.159. The molecule has 0 radical (unpaired) electrons. The summed E-state index contributed by atoms with van der Waals surface area (Å²) in [5.41, 5.74) is 5.98. The Morgan fingerprint density at radius 1 is 1.21 bits per heavy atom. The first-order chi connectivity index (χ1) is 16.5. The molecule has 2 N–H and O–H groups in total. The lowest BCUT2D eigenvalue weighted by molar-refractivity contribution is 0.235. The molecule has 3 aliphatic rings. The number of nitrogens with zero attached hydrogens (tertiary/aromatic N) is 2. The number of hydrogen-bond acceptors (Lipinski definition) is 3. The van der Waals surface area contributed by atoms with Crippen LogP contribution in [0.25, 0.3) is 11.8 Å². The second kappa shape index (κ2) is 7.81. The molecule has 6 nitrogen and oxygen atoms in total. The number of benzene rings is 2. The molecule has 2 unspecified atom stereocenters. The molecule has 174 valence electrons. The standard InChI is InChI=1S/C27H27FN4O2/c1-2-29-25(33)31-23-6-4-3-5-18(23)11-13-26-14-12-20-15-24-19(16-27(20,26)34-26)17-30-32(24)22-9-7-21(28)8-10-22/h3-10,15,17H,2,11-14,16H2,1H3,(H2,29,31,33). The monoisotopic (exact) mass is 458 g/mol. The topological polar surface area (TPSA) is 71.5 Å². The molecular formula is C27H27FN4O2. The van der Waals surface area contributed by atoms with Gasteiger partial charge in [0.1, 0.15) is 17.0 Å². The highest BCUT2D eigenvalue weighted by atomic mass is 19.1. The lowest BCUT2D eigenvalue weighted by Crippen LogP contribution is -2.29. The molecule has 2 amide bonds. The van der Waals surface area contributed by atoms with Crippen LogP contribution in [0.4, 0.5) is 14.9 Å². The third kappa shape index (κ3) is 3.26. The average Bonchev–Trinajstić information content (AvgIpc) is 3.10. The van der Waals surface area contributed by atoms with E-state index in [-0.39, 0.29) is 23.1 Å². The fraction of sp³-hybridized carbons (Fsp3) is 0.333. The molecule has 2 fully saturated rings.